The highest BCUT2D eigenvalue weighted by Crippen LogP contribution is 2.13. The number of carbonyl (C=O) groups excluding carboxylic acids is 1. The minimum atomic E-state index is 0.206. The molecule has 6 heteroatoms. The van der Waals surface area contributed by atoms with Crippen LogP contribution >= 0.6 is 0 Å². The van der Waals surface area contributed by atoms with Gasteiger partial charge in [-0.2, -0.15) is 5.21 Å². The van der Waals surface area contributed by atoms with Gasteiger partial charge in [-0.15, -0.1) is 10.2 Å². The van der Waals surface area contributed by atoms with Crippen molar-refractivity contribution in [1.29, 1.82) is 0 Å². The predicted octanol–water partition coefficient (Wildman–Crippen LogP) is 4.34. The molecule has 1 rings (SSSR count). The van der Waals surface area contributed by atoms with Crippen LogP contribution in [0.2, 0.25) is 0 Å². The molecule has 0 atom stereocenters. The highest BCUT2D eigenvalue weighted by molar-refractivity contribution is 5.75. The summed E-state index contributed by atoms with van der Waals surface area (Å²) < 4.78 is 0. The van der Waals surface area contributed by atoms with Crippen LogP contribution in [0.15, 0.2) is 0 Å². The Kier molecular flexibility index (Phi) is 13.8. The summed E-state index contributed by atoms with van der Waals surface area (Å²) >= 11 is 0. The standard InChI is InChI=1S/C19H37N5O/c1-2-20-19(25)17-15-13-11-9-7-5-3-4-6-8-10-12-14-16-18-21-23-24-22-18/h2-17H2,1H3,(H,20,25)(H,21,22,23,24). The summed E-state index contributed by atoms with van der Waals surface area (Å²) in [4.78, 5) is 11.3. The maximum atomic E-state index is 11.3. The molecular weight excluding hydrogens is 314 g/mol. The van der Waals surface area contributed by atoms with E-state index < -0.39 is 0 Å². The van der Waals surface area contributed by atoms with Gasteiger partial charge < -0.3 is 5.32 Å². The van der Waals surface area contributed by atoms with Gasteiger partial charge in [-0.1, -0.05) is 75.8 Å². The van der Waals surface area contributed by atoms with Crippen LogP contribution in [-0.4, -0.2) is 33.1 Å². The number of tetrazole rings is 1. The van der Waals surface area contributed by atoms with Gasteiger partial charge in [0.1, 0.15) is 0 Å². The molecule has 25 heavy (non-hydrogen) atoms. The van der Waals surface area contributed by atoms with Gasteiger partial charge in [-0.25, -0.2) is 0 Å². The lowest BCUT2D eigenvalue weighted by Crippen LogP contribution is -2.21. The zero-order chi connectivity index (χ0) is 18.0. The van der Waals surface area contributed by atoms with Gasteiger partial charge in [-0.05, 0) is 19.8 Å². The van der Waals surface area contributed by atoms with E-state index in [-0.39, 0.29) is 5.91 Å². The molecule has 1 aromatic rings. The van der Waals surface area contributed by atoms with Gasteiger partial charge in [0, 0.05) is 19.4 Å². The monoisotopic (exact) mass is 351 g/mol. The molecule has 0 fully saturated rings. The molecule has 0 aliphatic carbocycles. The Balaban J connectivity index is 1.70. The molecule has 144 valence electrons. The van der Waals surface area contributed by atoms with E-state index >= 15 is 0 Å². The number of aryl methyl sites for hydroxylation is 1. The second-order valence-electron chi connectivity index (χ2n) is 6.88. The number of nitrogens with one attached hydrogen (secondary N) is 2. The molecule has 1 aromatic heterocycles. The molecule has 0 radical (unpaired) electrons. The van der Waals surface area contributed by atoms with Crippen LogP contribution in [0.4, 0.5) is 0 Å². The quantitative estimate of drug-likeness (QED) is 0.409. The van der Waals surface area contributed by atoms with E-state index in [9.17, 15) is 4.79 Å². The zero-order valence-corrected chi connectivity index (χ0v) is 16.1. The molecule has 2 N–H and O–H groups in total. The Morgan fingerprint density at radius 3 is 1.84 bits per heavy atom. The van der Waals surface area contributed by atoms with Crippen LogP contribution in [0, 0.1) is 0 Å². The highest BCUT2D eigenvalue weighted by Gasteiger charge is 1.99. The SMILES string of the molecule is CCNC(=O)CCCCCCCCCCCCCCCc1nn[nH]n1. The molecule has 0 unspecified atom stereocenters. The van der Waals surface area contributed by atoms with Crippen molar-refractivity contribution < 1.29 is 4.79 Å². The van der Waals surface area contributed by atoms with Gasteiger partial charge in [0.05, 0.1) is 0 Å². The highest BCUT2D eigenvalue weighted by atomic mass is 16.1. The van der Waals surface area contributed by atoms with Crippen molar-refractivity contribution in [3.05, 3.63) is 5.82 Å². The van der Waals surface area contributed by atoms with Crippen LogP contribution in [-0.2, 0) is 11.2 Å². The number of rotatable bonds is 17. The third-order valence-electron chi connectivity index (χ3n) is 4.57. The van der Waals surface area contributed by atoms with E-state index in [1.807, 2.05) is 6.92 Å². The van der Waals surface area contributed by atoms with Crippen molar-refractivity contribution in [2.24, 2.45) is 0 Å². The lowest BCUT2D eigenvalue weighted by Gasteiger charge is -2.04. The lowest BCUT2D eigenvalue weighted by molar-refractivity contribution is -0.121. The largest absolute Gasteiger partial charge is 0.356 e. The molecule has 0 bridgehead atoms. The van der Waals surface area contributed by atoms with Crippen LogP contribution < -0.4 is 5.32 Å². The third kappa shape index (κ3) is 13.5. The minimum absolute atomic E-state index is 0.206. The molecule has 1 heterocycles. The molecular formula is C19H37N5O. The molecule has 0 aliphatic rings. The topological polar surface area (TPSA) is 83.6 Å². The van der Waals surface area contributed by atoms with Gasteiger partial charge in [-0.3, -0.25) is 4.79 Å². The fraction of sp³-hybridized carbons (Fsp3) is 0.895. The van der Waals surface area contributed by atoms with Gasteiger partial charge in [0.25, 0.3) is 0 Å². The van der Waals surface area contributed by atoms with E-state index in [4.69, 9.17) is 0 Å². The fourth-order valence-electron chi connectivity index (χ4n) is 3.09. The first-order chi connectivity index (χ1) is 12.3. The Morgan fingerprint density at radius 2 is 1.36 bits per heavy atom. The summed E-state index contributed by atoms with van der Waals surface area (Å²) in [6, 6.07) is 0. The summed E-state index contributed by atoms with van der Waals surface area (Å²) in [5.74, 6) is 1.04. The van der Waals surface area contributed by atoms with Crippen molar-refractivity contribution in [1.82, 2.24) is 25.9 Å². The number of unbranched alkanes of at least 4 members (excludes halogenated alkanes) is 12. The molecule has 0 aliphatic heterocycles. The van der Waals surface area contributed by atoms with Crippen LogP contribution in [0.1, 0.15) is 103 Å². The summed E-state index contributed by atoms with van der Waals surface area (Å²) in [6.45, 7) is 2.72. The number of carbonyl (C=O) groups is 1. The first-order valence-corrected chi connectivity index (χ1v) is 10.3. The number of hydrogen-bond acceptors (Lipinski definition) is 4. The molecule has 0 saturated heterocycles. The first-order valence-electron chi connectivity index (χ1n) is 10.3. The third-order valence-corrected chi connectivity index (χ3v) is 4.57. The predicted molar refractivity (Wildman–Crippen MR) is 101 cm³/mol. The smallest absolute Gasteiger partial charge is 0.219 e. The number of H-pyrrole nitrogens is 1. The second kappa shape index (κ2) is 16.0. The first kappa shape index (κ1) is 21.6. The molecule has 0 aromatic carbocycles. The van der Waals surface area contributed by atoms with Gasteiger partial charge in [0.15, 0.2) is 5.82 Å². The Morgan fingerprint density at radius 1 is 0.840 bits per heavy atom. The van der Waals surface area contributed by atoms with Crippen molar-refractivity contribution in [3.8, 4) is 0 Å². The average Bonchev–Trinajstić information content (AvgIpc) is 3.12. The van der Waals surface area contributed by atoms with Gasteiger partial charge in [0.2, 0.25) is 5.91 Å². The number of aromatic amines is 1. The summed E-state index contributed by atoms with van der Waals surface area (Å²) in [6.07, 6.45) is 18.4. The molecule has 1 amide bonds. The van der Waals surface area contributed by atoms with Crippen molar-refractivity contribution in [2.75, 3.05) is 6.54 Å². The van der Waals surface area contributed by atoms with E-state index in [0.29, 0.717) is 6.42 Å². The molecule has 6 nitrogen and oxygen atoms in total. The van der Waals surface area contributed by atoms with Crippen LogP contribution in [0.25, 0.3) is 0 Å². The molecule has 0 saturated carbocycles. The average molecular weight is 352 g/mol. The van der Waals surface area contributed by atoms with Crippen LogP contribution in [0.3, 0.4) is 0 Å². The minimum Gasteiger partial charge on any atom is -0.356 e. The van der Waals surface area contributed by atoms with Gasteiger partial charge >= 0.3 is 0 Å². The number of nitrogens with zero attached hydrogens (tertiary/aromatic N) is 3. The Bertz CT molecular complexity index is 408. The van der Waals surface area contributed by atoms with E-state index in [2.05, 4.69) is 25.9 Å². The zero-order valence-electron chi connectivity index (χ0n) is 16.1. The lowest BCUT2D eigenvalue weighted by atomic mass is 10.0. The second-order valence-corrected chi connectivity index (χ2v) is 6.88. The maximum Gasteiger partial charge on any atom is 0.219 e. The number of aromatic nitrogens is 4. The normalized spacial score (nSPS) is 10.9. The maximum absolute atomic E-state index is 11.3. The van der Waals surface area contributed by atoms with E-state index in [0.717, 1.165) is 25.2 Å². The Hall–Kier alpha value is -1.46. The van der Waals surface area contributed by atoms with Crippen molar-refractivity contribution >= 4 is 5.91 Å². The summed E-state index contributed by atoms with van der Waals surface area (Å²) in [5, 5.41) is 16.8. The molecule has 0 spiro atoms. The number of hydrogen-bond donors (Lipinski definition) is 2. The van der Waals surface area contributed by atoms with E-state index in [1.54, 1.807) is 0 Å². The van der Waals surface area contributed by atoms with Crippen molar-refractivity contribution in [3.63, 3.8) is 0 Å². The Labute approximate surface area is 152 Å². The summed E-state index contributed by atoms with van der Waals surface area (Å²) in [7, 11) is 0. The summed E-state index contributed by atoms with van der Waals surface area (Å²) in [5.41, 5.74) is 0. The fourth-order valence-corrected chi connectivity index (χ4v) is 3.09. The number of amides is 1. The van der Waals surface area contributed by atoms with E-state index in [1.165, 1.54) is 77.0 Å². The van der Waals surface area contributed by atoms with Crippen LogP contribution in [0.5, 0.6) is 0 Å². The van der Waals surface area contributed by atoms with Crippen molar-refractivity contribution in [2.45, 2.75) is 103 Å².